The number of hydrogen-bond donors (Lipinski definition) is 2. The Hall–Kier alpha value is -2.06. The second-order valence-electron chi connectivity index (χ2n) is 8.07. The first-order valence-electron chi connectivity index (χ1n) is 10.2. The molecule has 1 fully saturated rings. The summed E-state index contributed by atoms with van der Waals surface area (Å²) >= 11 is 6.31. The maximum Gasteiger partial charge on any atom is 0.184 e. The second-order valence-corrected chi connectivity index (χ2v) is 8.50. The number of fused-ring (bicyclic) bond motifs is 2. The fourth-order valence-electron chi connectivity index (χ4n) is 4.77. The minimum absolute atomic E-state index is 0.110. The number of rotatable bonds is 3. The van der Waals surface area contributed by atoms with Crippen molar-refractivity contribution in [1.29, 1.82) is 0 Å². The molecule has 2 aliphatic heterocycles. The third kappa shape index (κ3) is 3.50. The maximum absolute atomic E-state index is 13.6. The summed E-state index contributed by atoms with van der Waals surface area (Å²) in [5, 5.41) is 20.5. The first-order valence-corrected chi connectivity index (χ1v) is 10.6. The van der Waals surface area contributed by atoms with E-state index < -0.39 is 12.2 Å². The number of nitrogens with zero attached hydrogens (tertiary/aromatic N) is 2. The van der Waals surface area contributed by atoms with Gasteiger partial charge in [0, 0.05) is 43.7 Å². The maximum atomic E-state index is 13.6. The highest BCUT2D eigenvalue weighted by Gasteiger charge is 2.37. The van der Waals surface area contributed by atoms with Crippen LogP contribution in [0.5, 0.6) is 11.5 Å². The molecule has 2 aromatic carbocycles. The molecule has 6 nitrogen and oxygen atoms in total. The zero-order chi connectivity index (χ0) is 20.8. The van der Waals surface area contributed by atoms with E-state index in [-0.39, 0.29) is 18.5 Å². The van der Waals surface area contributed by atoms with Crippen molar-refractivity contribution in [2.24, 2.45) is 0 Å². The van der Waals surface area contributed by atoms with Crippen LogP contribution in [0.1, 0.15) is 17.2 Å². The van der Waals surface area contributed by atoms with Crippen LogP contribution in [-0.4, -0.2) is 66.7 Å². The van der Waals surface area contributed by atoms with Crippen LogP contribution in [0.2, 0.25) is 5.02 Å². The molecule has 0 aromatic heterocycles. The molecule has 5 rings (SSSR count). The van der Waals surface area contributed by atoms with Crippen LogP contribution < -0.4 is 14.4 Å². The van der Waals surface area contributed by atoms with Crippen LogP contribution in [-0.2, 0) is 6.42 Å². The molecule has 30 heavy (non-hydrogen) atoms. The van der Waals surface area contributed by atoms with Gasteiger partial charge < -0.3 is 24.6 Å². The molecule has 2 heterocycles. The van der Waals surface area contributed by atoms with Crippen molar-refractivity contribution >= 4 is 17.3 Å². The predicted molar refractivity (Wildman–Crippen MR) is 111 cm³/mol. The van der Waals surface area contributed by atoms with E-state index in [9.17, 15) is 14.6 Å². The smallest absolute Gasteiger partial charge is 0.184 e. The SMILES string of the molecule is OCC1COc2c(cc(Cl)cc2N2CCN([C@@H]3c4ccc(F)cc4C[C@H]3O)CC2)O1. The largest absolute Gasteiger partial charge is 0.484 e. The molecule has 2 aromatic rings. The minimum Gasteiger partial charge on any atom is -0.484 e. The summed E-state index contributed by atoms with van der Waals surface area (Å²) in [5.74, 6) is 0.939. The Balaban J connectivity index is 1.33. The van der Waals surface area contributed by atoms with Gasteiger partial charge in [0.05, 0.1) is 24.4 Å². The third-order valence-corrected chi connectivity index (χ3v) is 6.39. The van der Waals surface area contributed by atoms with Gasteiger partial charge in [-0.2, -0.15) is 0 Å². The van der Waals surface area contributed by atoms with Gasteiger partial charge in [-0.25, -0.2) is 4.39 Å². The fourth-order valence-corrected chi connectivity index (χ4v) is 4.97. The van der Waals surface area contributed by atoms with E-state index in [1.54, 1.807) is 12.1 Å². The third-order valence-electron chi connectivity index (χ3n) is 6.18. The Morgan fingerprint density at radius 2 is 1.93 bits per heavy atom. The molecule has 1 saturated heterocycles. The number of aliphatic hydroxyl groups excluding tert-OH is 2. The Morgan fingerprint density at radius 1 is 1.13 bits per heavy atom. The lowest BCUT2D eigenvalue weighted by atomic mass is 10.0. The molecule has 1 unspecified atom stereocenters. The molecule has 0 spiro atoms. The van der Waals surface area contributed by atoms with Crippen LogP contribution >= 0.6 is 11.6 Å². The molecule has 160 valence electrons. The molecule has 1 aliphatic carbocycles. The van der Waals surface area contributed by atoms with Gasteiger partial charge >= 0.3 is 0 Å². The number of piperazine rings is 1. The van der Waals surface area contributed by atoms with E-state index in [2.05, 4.69) is 9.80 Å². The molecule has 3 aliphatic rings. The highest BCUT2D eigenvalue weighted by Crippen LogP contribution is 2.44. The molecule has 2 N–H and O–H groups in total. The average Bonchev–Trinajstić information content (AvgIpc) is 3.07. The van der Waals surface area contributed by atoms with Crippen LogP contribution in [0.25, 0.3) is 0 Å². The lowest BCUT2D eigenvalue weighted by Gasteiger charge is -2.41. The van der Waals surface area contributed by atoms with Crippen molar-refractivity contribution in [2.45, 2.75) is 24.7 Å². The molecule has 0 bridgehead atoms. The van der Waals surface area contributed by atoms with E-state index in [1.165, 1.54) is 12.1 Å². The lowest BCUT2D eigenvalue weighted by molar-refractivity contribution is 0.0452. The Morgan fingerprint density at radius 3 is 2.70 bits per heavy atom. The van der Waals surface area contributed by atoms with Gasteiger partial charge in [-0.1, -0.05) is 17.7 Å². The summed E-state index contributed by atoms with van der Waals surface area (Å²) in [7, 11) is 0. The Kier molecular flexibility index (Phi) is 5.23. The molecule has 3 atom stereocenters. The van der Waals surface area contributed by atoms with Crippen molar-refractivity contribution in [3.05, 3.63) is 52.3 Å². The van der Waals surface area contributed by atoms with E-state index in [0.717, 1.165) is 43.0 Å². The highest BCUT2D eigenvalue weighted by molar-refractivity contribution is 6.31. The number of ether oxygens (including phenoxy) is 2. The van der Waals surface area contributed by atoms with Gasteiger partial charge in [0.15, 0.2) is 17.6 Å². The van der Waals surface area contributed by atoms with Gasteiger partial charge in [-0.05, 0) is 29.3 Å². The first kappa shape index (κ1) is 19.9. The van der Waals surface area contributed by atoms with Crippen molar-refractivity contribution in [1.82, 2.24) is 4.90 Å². The standard InChI is InChI=1S/C22H24ClFN2O4/c23-14-9-18(22-20(10-14)30-16(11-27)12-29-22)25-3-5-26(6-4-25)21-17-2-1-15(24)7-13(17)8-19(21)28/h1-2,7,9-10,16,19,21,27-28H,3-6,8,11-12H2/t16?,19-,21-/m1/s1. The predicted octanol–water partition coefficient (Wildman–Crippen LogP) is 2.39. The topological polar surface area (TPSA) is 65.4 Å². The summed E-state index contributed by atoms with van der Waals surface area (Å²) in [6.45, 7) is 3.15. The van der Waals surface area contributed by atoms with Crippen molar-refractivity contribution in [2.75, 3.05) is 44.3 Å². The zero-order valence-electron chi connectivity index (χ0n) is 16.4. The molecule has 0 amide bonds. The average molecular weight is 435 g/mol. The Bertz CT molecular complexity index is 951. The molecule has 0 radical (unpaired) electrons. The summed E-state index contributed by atoms with van der Waals surface area (Å²) in [5.41, 5.74) is 2.79. The van der Waals surface area contributed by atoms with Crippen LogP contribution in [0.4, 0.5) is 10.1 Å². The molecule has 8 heteroatoms. The van der Waals surface area contributed by atoms with Gasteiger partial charge in [-0.3, -0.25) is 4.90 Å². The van der Waals surface area contributed by atoms with Gasteiger partial charge in [0.25, 0.3) is 0 Å². The van der Waals surface area contributed by atoms with Crippen molar-refractivity contribution < 1.29 is 24.1 Å². The van der Waals surface area contributed by atoms with E-state index in [1.807, 2.05) is 6.07 Å². The van der Waals surface area contributed by atoms with Crippen LogP contribution in [0, 0.1) is 5.82 Å². The summed E-state index contributed by atoms with van der Waals surface area (Å²) in [6, 6.07) is 8.28. The monoisotopic (exact) mass is 434 g/mol. The van der Waals surface area contributed by atoms with Gasteiger partial charge in [0.1, 0.15) is 12.4 Å². The summed E-state index contributed by atoms with van der Waals surface area (Å²) in [4.78, 5) is 4.47. The van der Waals surface area contributed by atoms with E-state index in [0.29, 0.717) is 29.5 Å². The number of aliphatic hydroxyl groups is 2. The zero-order valence-corrected chi connectivity index (χ0v) is 17.2. The van der Waals surface area contributed by atoms with Crippen LogP contribution in [0.3, 0.4) is 0 Å². The quantitative estimate of drug-likeness (QED) is 0.773. The molecular formula is C22H24ClFN2O4. The molecular weight excluding hydrogens is 411 g/mol. The Labute approximate surface area is 179 Å². The fraction of sp³-hybridized carbons (Fsp3) is 0.455. The normalized spacial score (nSPS) is 26.0. The van der Waals surface area contributed by atoms with Gasteiger partial charge in [0.2, 0.25) is 0 Å². The lowest BCUT2D eigenvalue weighted by Crippen LogP contribution is -2.49. The van der Waals surface area contributed by atoms with E-state index in [4.69, 9.17) is 21.1 Å². The molecule has 0 saturated carbocycles. The number of anilines is 1. The summed E-state index contributed by atoms with van der Waals surface area (Å²) in [6.07, 6.45) is -0.439. The van der Waals surface area contributed by atoms with Crippen LogP contribution in [0.15, 0.2) is 30.3 Å². The van der Waals surface area contributed by atoms with Crippen molar-refractivity contribution in [3.63, 3.8) is 0 Å². The van der Waals surface area contributed by atoms with E-state index >= 15 is 0 Å². The van der Waals surface area contributed by atoms with Gasteiger partial charge in [-0.15, -0.1) is 0 Å². The number of benzene rings is 2. The van der Waals surface area contributed by atoms with Crippen molar-refractivity contribution in [3.8, 4) is 11.5 Å². The second kappa shape index (κ2) is 7.89. The highest BCUT2D eigenvalue weighted by atomic mass is 35.5. The number of halogens is 2. The minimum atomic E-state index is -0.528. The first-order chi connectivity index (χ1) is 14.5. The summed E-state index contributed by atoms with van der Waals surface area (Å²) < 4.78 is 25.3. The number of hydrogen-bond acceptors (Lipinski definition) is 6.